The number of hydrogen-bond acceptors (Lipinski definition) is 3. The molecule has 0 aromatic heterocycles. The zero-order valence-corrected chi connectivity index (χ0v) is 10.9. The highest BCUT2D eigenvalue weighted by molar-refractivity contribution is 5.54. The summed E-state index contributed by atoms with van der Waals surface area (Å²) in [5.41, 5.74) is -0.421. The lowest BCUT2D eigenvalue weighted by atomic mass is 9.92. The number of nitrogens with one attached hydrogen (secondary N) is 1. The lowest BCUT2D eigenvalue weighted by Crippen LogP contribution is -2.30. The maximum Gasteiger partial charge on any atom is 0.416 e. The molecule has 1 fully saturated rings. The van der Waals surface area contributed by atoms with Crippen molar-refractivity contribution in [3.8, 4) is 11.5 Å². The molecule has 20 heavy (non-hydrogen) atoms. The van der Waals surface area contributed by atoms with Crippen LogP contribution in [-0.2, 0) is 6.18 Å². The van der Waals surface area contributed by atoms with Gasteiger partial charge in [-0.25, -0.2) is 0 Å². The Kier molecular flexibility index (Phi) is 3.50. The molecule has 2 aliphatic rings. The number of ether oxygens (including phenoxy) is 2. The molecule has 0 radical (unpaired) electrons. The second-order valence-electron chi connectivity index (χ2n) is 5.05. The molecule has 110 valence electrons. The van der Waals surface area contributed by atoms with Crippen molar-refractivity contribution >= 4 is 0 Å². The normalized spacial score (nSPS) is 22.6. The van der Waals surface area contributed by atoms with Crippen molar-refractivity contribution in [3.63, 3.8) is 0 Å². The van der Waals surface area contributed by atoms with Crippen molar-refractivity contribution < 1.29 is 22.6 Å². The van der Waals surface area contributed by atoms with Crippen LogP contribution >= 0.6 is 0 Å². The zero-order valence-electron chi connectivity index (χ0n) is 10.9. The van der Waals surface area contributed by atoms with Crippen LogP contribution in [0, 0.1) is 0 Å². The third-order valence-corrected chi connectivity index (χ3v) is 3.71. The monoisotopic (exact) mass is 287 g/mol. The van der Waals surface area contributed by atoms with Crippen LogP contribution < -0.4 is 14.8 Å². The minimum Gasteiger partial charge on any atom is -0.486 e. The van der Waals surface area contributed by atoms with E-state index in [1.54, 1.807) is 0 Å². The fourth-order valence-electron chi connectivity index (χ4n) is 2.83. The van der Waals surface area contributed by atoms with E-state index in [1.807, 2.05) is 0 Å². The molecule has 2 aliphatic heterocycles. The molecule has 0 amide bonds. The molecule has 0 aliphatic carbocycles. The summed E-state index contributed by atoms with van der Waals surface area (Å²) in [6.07, 6.45) is -1.79. The number of halogens is 3. The van der Waals surface area contributed by atoms with Gasteiger partial charge in [-0.2, -0.15) is 13.2 Å². The fourth-order valence-corrected chi connectivity index (χ4v) is 2.83. The Labute approximate surface area is 115 Å². The lowest BCUT2D eigenvalue weighted by molar-refractivity contribution is -0.138. The van der Waals surface area contributed by atoms with Gasteiger partial charge in [0.15, 0.2) is 11.5 Å². The summed E-state index contributed by atoms with van der Waals surface area (Å²) in [4.78, 5) is 0. The molecule has 1 saturated heterocycles. The van der Waals surface area contributed by atoms with Crippen molar-refractivity contribution in [2.45, 2.75) is 31.5 Å². The van der Waals surface area contributed by atoms with Crippen LogP contribution in [0.5, 0.6) is 11.5 Å². The maximum absolute atomic E-state index is 13.2. The maximum atomic E-state index is 13.2. The third kappa shape index (κ3) is 2.44. The topological polar surface area (TPSA) is 30.5 Å². The minimum atomic E-state index is -4.38. The van der Waals surface area contributed by atoms with Crippen LogP contribution in [-0.4, -0.2) is 19.8 Å². The van der Waals surface area contributed by atoms with Gasteiger partial charge in [-0.1, -0.05) is 6.42 Å². The van der Waals surface area contributed by atoms with Gasteiger partial charge in [-0.05, 0) is 31.5 Å². The van der Waals surface area contributed by atoms with Gasteiger partial charge >= 0.3 is 6.18 Å². The molecular formula is C14H16F3NO2. The van der Waals surface area contributed by atoms with Crippen LogP contribution in [0.4, 0.5) is 13.2 Å². The molecule has 3 rings (SSSR count). The first-order chi connectivity index (χ1) is 9.57. The van der Waals surface area contributed by atoms with E-state index in [4.69, 9.17) is 9.47 Å². The largest absolute Gasteiger partial charge is 0.486 e. The molecule has 0 saturated carbocycles. The number of benzene rings is 1. The Morgan fingerprint density at radius 1 is 1.10 bits per heavy atom. The van der Waals surface area contributed by atoms with Gasteiger partial charge in [0, 0.05) is 11.6 Å². The second-order valence-corrected chi connectivity index (χ2v) is 5.05. The third-order valence-electron chi connectivity index (χ3n) is 3.71. The second kappa shape index (κ2) is 5.16. The number of rotatable bonds is 1. The SMILES string of the molecule is FC(F)(F)c1ccc2c(c1C1CCCCN1)OCCO2. The van der Waals surface area contributed by atoms with Crippen LogP contribution in [0.25, 0.3) is 0 Å². The summed E-state index contributed by atoms with van der Waals surface area (Å²) < 4.78 is 50.6. The summed E-state index contributed by atoms with van der Waals surface area (Å²) in [6.45, 7) is 1.39. The Bertz CT molecular complexity index is 496. The van der Waals surface area contributed by atoms with Gasteiger partial charge in [-0.15, -0.1) is 0 Å². The quantitative estimate of drug-likeness (QED) is 0.859. The highest BCUT2D eigenvalue weighted by Crippen LogP contribution is 2.46. The summed E-state index contributed by atoms with van der Waals surface area (Å²) in [5.74, 6) is 0.664. The van der Waals surface area contributed by atoms with E-state index in [-0.39, 0.29) is 24.0 Å². The molecular weight excluding hydrogens is 271 g/mol. The lowest BCUT2D eigenvalue weighted by Gasteiger charge is -2.30. The number of fused-ring (bicyclic) bond motifs is 1. The van der Waals surface area contributed by atoms with Gasteiger partial charge in [0.2, 0.25) is 0 Å². The van der Waals surface area contributed by atoms with Gasteiger partial charge in [0.25, 0.3) is 0 Å². The first-order valence-corrected chi connectivity index (χ1v) is 6.80. The minimum absolute atomic E-state index is 0.203. The smallest absolute Gasteiger partial charge is 0.416 e. The number of hydrogen-bond donors (Lipinski definition) is 1. The highest BCUT2D eigenvalue weighted by Gasteiger charge is 2.39. The van der Waals surface area contributed by atoms with E-state index < -0.39 is 11.7 Å². The van der Waals surface area contributed by atoms with E-state index in [2.05, 4.69) is 5.32 Å². The van der Waals surface area contributed by atoms with E-state index in [1.165, 1.54) is 6.07 Å². The van der Waals surface area contributed by atoms with Gasteiger partial charge in [0.1, 0.15) is 13.2 Å². The van der Waals surface area contributed by atoms with Crippen LogP contribution in [0.15, 0.2) is 12.1 Å². The average Bonchev–Trinajstić information content (AvgIpc) is 2.46. The van der Waals surface area contributed by atoms with E-state index in [0.717, 1.165) is 25.5 Å². The number of piperidine rings is 1. The van der Waals surface area contributed by atoms with Gasteiger partial charge in [-0.3, -0.25) is 0 Å². The molecule has 1 atom stereocenters. The average molecular weight is 287 g/mol. The van der Waals surface area contributed by atoms with E-state index in [9.17, 15) is 13.2 Å². The van der Waals surface area contributed by atoms with Crippen LogP contribution in [0.1, 0.15) is 36.4 Å². The Morgan fingerprint density at radius 3 is 2.60 bits per heavy atom. The summed E-state index contributed by atoms with van der Waals surface area (Å²) in [6, 6.07) is 2.12. The molecule has 3 nitrogen and oxygen atoms in total. The molecule has 0 spiro atoms. The first-order valence-electron chi connectivity index (χ1n) is 6.80. The summed E-state index contributed by atoms with van der Waals surface area (Å²) in [7, 11) is 0. The van der Waals surface area contributed by atoms with Crippen LogP contribution in [0.2, 0.25) is 0 Å². The molecule has 1 unspecified atom stereocenters. The van der Waals surface area contributed by atoms with Gasteiger partial charge < -0.3 is 14.8 Å². The summed E-state index contributed by atoms with van der Waals surface area (Å²) in [5, 5.41) is 3.16. The van der Waals surface area contributed by atoms with Crippen molar-refractivity contribution in [1.29, 1.82) is 0 Å². The van der Waals surface area contributed by atoms with Crippen molar-refractivity contribution in [2.75, 3.05) is 19.8 Å². The Hall–Kier alpha value is -1.43. The van der Waals surface area contributed by atoms with Crippen molar-refractivity contribution in [2.24, 2.45) is 0 Å². The Balaban J connectivity index is 2.10. The predicted molar refractivity (Wildman–Crippen MR) is 67.0 cm³/mol. The molecule has 1 aromatic rings. The molecule has 2 heterocycles. The standard InChI is InChI=1S/C14H16F3NO2/c15-14(16,17)9-4-5-11-13(20-8-7-19-11)12(9)10-3-1-2-6-18-10/h4-5,10,18H,1-3,6-8H2. The van der Waals surface area contributed by atoms with E-state index in [0.29, 0.717) is 18.8 Å². The first kappa shape index (κ1) is 13.5. The summed E-state index contributed by atoms with van der Waals surface area (Å²) >= 11 is 0. The number of alkyl halides is 3. The highest BCUT2D eigenvalue weighted by atomic mass is 19.4. The molecule has 0 bridgehead atoms. The predicted octanol–water partition coefficient (Wildman–Crippen LogP) is 3.29. The zero-order chi connectivity index (χ0) is 14.2. The molecule has 1 aromatic carbocycles. The molecule has 6 heteroatoms. The molecule has 1 N–H and O–H groups in total. The fraction of sp³-hybridized carbons (Fsp3) is 0.571. The van der Waals surface area contributed by atoms with Crippen LogP contribution in [0.3, 0.4) is 0 Å². The Morgan fingerprint density at radius 2 is 1.90 bits per heavy atom. The van der Waals surface area contributed by atoms with Gasteiger partial charge in [0.05, 0.1) is 5.56 Å². The van der Waals surface area contributed by atoms with E-state index >= 15 is 0 Å². The van der Waals surface area contributed by atoms with Crippen molar-refractivity contribution in [3.05, 3.63) is 23.3 Å². The van der Waals surface area contributed by atoms with Crippen molar-refractivity contribution in [1.82, 2.24) is 5.32 Å².